The van der Waals surface area contributed by atoms with Crippen molar-refractivity contribution in [3.63, 3.8) is 0 Å². The Hall–Kier alpha value is -1.55. The number of nitrogens with one attached hydrogen (secondary N) is 1. The SMILES string of the molecule is C[C@H]1C(=O)NC(=O)N1c1ccc(Cl)cc1. The zero-order chi connectivity index (χ0) is 11.0. The molecule has 0 radical (unpaired) electrons. The summed E-state index contributed by atoms with van der Waals surface area (Å²) in [6, 6.07) is 5.90. The Labute approximate surface area is 91.8 Å². The van der Waals surface area contributed by atoms with Crippen LogP contribution >= 0.6 is 11.6 Å². The minimum atomic E-state index is -0.473. The lowest BCUT2D eigenvalue weighted by molar-refractivity contribution is -0.119. The van der Waals surface area contributed by atoms with Crippen molar-refractivity contribution >= 4 is 29.2 Å². The predicted molar refractivity (Wildman–Crippen MR) is 56.9 cm³/mol. The van der Waals surface area contributed by atoms with Crippen LogP contribution in [0.4, 0.5) is 10.5 Å². The number of carbonyl (C=O) groups excluding carboxylic acids is 2. The molecule has 1 aromatic carbocycles. The van der Waals surface area contributed by atoms with Crippen LogP contribution in [0.1, 0.15) is 6.92 Å². The first-order valence-electron chi connectivity index (χ1n) is 4.49. The van der Waals surface area contributed by atoms with Gasteiger partial charge in [0.25, 0.3) is 5.91 Å². The normalized spacial score (nSPS) is 20.7. The number of hydrogen-bond acceptors (Lipinski definition) is 2. The molecule has 15 heavy (non-hydrogen) atoms. The number of imide groups is 1. The fourth-order valence-corrected chi connectivity index (χ4v) is 1.63. The van der Waals surface area contributed by atoms with Crippen molar-refractivity contribution in [1.82, 2.24) is 5.32 Å². The number of nitrogens with zero attached hydrogens (tertiary/aromatic N) is 1. The Balaban J connectivity index is 2.34. The standard InChI is InChI=1S/C10H9ClN2O2/c1-6-9(14)12-10(15)13(6)8-4-2-7(11)3-5-8/h2-6H,1H3,(H,12,14,15)/t6-/m0/s1. The molecule has 1 fully saturated rings. The van der Waals surface area contributed by atoms with Crippen molar-refractivity contribution in [3.8, 4) is 0 Å². The highest BCUT2D eigenvalue weighted by molar-refractivity contribution is 6.30. The number of amides is 3. The first kappa shape index (κ1) is 9.98. The zero-order valence-electron chi connectivity index (χ0n) is 8.03. The molecule has 2 rings (SSSR count). The molecule has 1 saturated heterocycles. The number of halogens is 1. The average Bonchev–Trinajstić information content (AvgIpc) is 2.44. The average molecular weight is 225 g/mol. The Kier molecular flexibility index (Phi) is 2.36. The second-order valence-electron chi connectivity index (χ2n) is 3.32. The molecule has 78 valence electrons. The Morgan fingerprint density at radius 3 is 2.33 bits per heavy atom. The molecule has 0 saturated carbocycles. The summed E-state index contributed by atoms with van der Waals surface area (Å²) in [5.41, 5.74) is 0.662. The molecule has 5 heteroatoms. The van der Waals surface area contributed by atoms with Crippen molar-refractivity contribution in [3.05, 3.63) is 29.3 Å². The maximum absolute atomic E-state index is 11.4. The van der Waals surface area contributed by atoms with Gasteiger partial charge >= 0.3 is 6.03 Å². The summed E-state index contributed by atoms with van der Waals surface area (Å²) in [6.45, 7) is 1.68. The summed E-state index contributed by atoms with van der Waals surface area (Å²) in [4.78, 5) is 24.1. The van der Waals surface area contributed by atoms with Crippen molar-refractivity contribution in [2.75, 3.05) is 4.90 Å². The molecule has 1 atom stereocenters. The minimum Gasteiger partial charge on any atom is -0.282 e. The second kappa shape index (κ2) is 3.55. The third kappa shape index (κ3) is 1.68. The summed E-state index contributed by atoms with van der Waals surface area (Å²) in [5.74, 6) is -0.282. The van der Waals surface area contributed by atoms with Gasteiger partial charge in [0.1, 0.15) is 6.04 Å². The van der Waals surface area contributed by atoms with Crippen LogP contribution in [0, 0.1) is 0 Å². The highest BCUT2D eigenvalue weighted by atomic mass is 35.5. The van der Waals surface area contributed by atoms with Gasteiger partial charge in [-0.1, -0.05) is 11.6 Å². The molecule has 1 aliphatic heterocycles. The molecule has 0 unspecified atom stereocenters. The Bertz CT molecular complexity index is 416. The second-order valence-corrected chi connectivity index (χ2v) is 3.75. The van der Waals surface area contributed by atoms with E-state index in [-0.39, 0.29) is 5.91 Å². The summed E-state index contributed by atoms with van der Waals surface area (Å²) in [7, 11) is 0. The van der Waals surface area contributed by atoms with Gasteiger partial charge in [-0.3, -0.25) is 15.0 Å². The van der Waals surface area contributed by atoms with Gasteiger partial charge in [-0.15, -0.1) is 0 Å². The molecule has 1 aliphatic rings. The molecule has 4 nitrogen and oxygen atoms in total. The van der Waals surface area contributed by atoms with E-state index in [4.69, 9.17) is 11.6 Å². The molecule has 0 aromatic heterocycles. The van der Waals surface area contributed by atoms with Gasteiger partial charge in [-0.05, 0) is 31.2 Å². The largest absolute Gasteiger partial charge is 0.329 e. The third-order valence-corrected chi connectivity index (χ3v) is 2.57. The number of hydrogen-bond donors (Lipinski definition) is 1. The van der Waals surface area contributed by atoms with Gasteiger partial charge in [-0.2, -0.15) is 0 Å². The van der Waals surface area contributed by atoms with E-state index in [0.29, 0.717) is 10.7 Å². The number of anilines is 1. The lowest BCUT2D eigenvalue weighted by Crippen LogP contribution is -2.32. The van der Waals surface area contributed by atoms with Crippen LogP contribution < -0.4 is 10.2 Å². The fourth-order valence-electron chi connectivity index (χ4n) is 1.51. The van der Waals surface area contributed by atoms with Crippen LogP contribution in [0.5, 0.6) is 0 Å². The molecule has 1 heterocycles. The topological polar surface area (TPSA) is 49.4 Å². The van der Waals surface area contributed by atoms with Crippen LogP contribution in [0.3, 0.4) is 0 Å². The van der Waals surface area contributed by atoms with E-state index >= 15 is 0 Å². The number of urea groups is 1. The Morgan fingerprint density at radius 2 is 1.87 bits per heavy atom. The van der Waals surface area contributed by atoms with Crippen molar-refractivity contribution in [2.45, 2.75) is 13.0 Å². The van der Waals surface area contributed by atoms with E-state index in [9.17, 15) is 9.59 Å². The lowest BCUT2D eigenvalue weighted by Gasteiger charge is -2.18. The summed E-state index contributed by atoms with van der Waals surface area (Å²) < 4.78 is 0. The first-order valence-corrected chi connectivity index (χ1v) is 4.87. The lowest BCUT2D eigenvalue weighted by atomic mass is 10.2. The van der Waals surface area contributed by atoms with Gasteiger partial charge in [0.15, 0.2) is 0 Å². The van der Waals surface area contributed by atoms with E-state index in [1.54, 1.807) is 31.2 Å². The van der Waals surface area contributed by atoms with Gasteiger partial charge in [0, 0.05) is 10.7 Å². The van der Waals surface area contributed by atoms with Crippen LogP contribution in [0.25, 0.3) is 0 Å². The van der Waals surface area contributed by atoms with Gasteiger partial charge in [0.2, 0.25) is 0 Å². The summed E-state index contributed by atoms with van der Waals surface area (Å²) >= 11 is 5.73. The van der Waals surface area contributed by atoms with Crippen molar-refractivity contribution in [1.29, 1.82) is 0 Å². The maximum Gasteiger partial charge on any atom is 0.329 e. The Morgan fingerprint density at radius 1 is 1.27 bits per heavy atom. The predicted octanol–water partition coefficient (Wildman–Crippen LogP) is 1.78. The minimum absolute atomic E-state index is 0.282. The van der Waals surface area contributed by atoms with Gasteiger partial charge in [-0.25, -0.2) is 4.79 Å². The number of carbonyl (C=O) groups is 2. The van der Waals surface area contributed by atoms with Crippen LogP contribution in [-0.4, -0.2) is 18.0 Å². The molecular weight excluding hydrogens is 216 g/mol. The smallest absolute Gasteiger partial charge is 0.282 e. The summed E-state index contributed by atoms with van der Waals surface area (Å²) in [6.07, 6.45) is 0. The molecule has 1 N–H and O–H groups in total. The maximum atomic E-state index is 11.4. The third-order valence-electron chi connectivity index (χ3n) is 2.32. The van der Waals surface area contributed by atoms with Crippen molar-refractivity contribution in [2.24, 2.45) is 0 Å². The zero-order valence-corrected chi connectivity index (χ0v) is 8.78. The highest BCUT2D eigenvalue weighted by Crippen LogP contribution is 2.22. The fraction of sp³-hybridized carbons (Fsp3) is 0.200. The van der Waals surface area contributed by atoms with E-state index in [2.05, 4.69) is 5.32 Å². The van der Waals surface area contributed by atoms with Gasteiger partial charge in [0.05, 0.1) is 0 Å². The van der Waals surface area contributed by atoms with E-state index in [1.165, 1.54) is 4.90 Å². The van der Waals surface area contributed by atoms with Crippen LogP contribution in [0.15, 0.2) is 24.3 Å². The monoisotopic (exact) mass is 224 g/mol. The quantitative estimate of drug-likeness (QED) is 0.740. The van der Waals surface area contributed by atoms with Crippen LogP contribution in [0.2, 0.25) is 5.02 Å². The molecule has 1 aromatic rings. The highest BCUT2D eigenvalue weighted by Gasteiger charge is 2.35. The molecule has 0 spiro atoms. The molecule has 0 bridgehead atoms. The van der Waals surface area contributed by atoms with Crippen LogP contribution in [-0.2, 0) is 4.79 Å². The molecule has 3 amide bonds. The van der Waals surface area contributed by atoms with E-state index < -0.39 is 12.1 Å². The molecular formula is C10H9ClN2O2. The summed E-state index contributed by atoms with van der Waals surface area (Å²) in [5, 5.41) is 2.84. The molecule has 0 aliphatic carbocycles. The number of benzene rings is 1. The van der Waals surface area contributed by atoms with E-state index in [1.807, 2.05) is 0 Å². The van der Waals surface area contributed by atoms with Gasteiger partial charge < -0.3 is 0 Å². The first-order chi connectivity index (χ1) is 7.09. The van der Waals surface area contributed by atoms with E-state index in [0.717, 1.165) is 0 Å². The number of rotatable bonds is 1. The van der Waals surface area contributed by atoms with Crippen molar-refractivity contribution < 1.29 is 9.59 Å².